The Labute approximate surface area is 139 Å². The quantitative estimate of drug-likeness (QED) is 0.633. The molecule has 2 aromatic carbocycles. The first kappa shape index (κ1) is 16.7. The SMILES string of the molecule is CC(C)/C(=N\NS(=O)(=O)c1ccc(Br)cc1)c1ccccc1. The number of nitrogens with one attached hydrogen (secondary N) is 1. The first-order valence-corrected chi connectivity index (χ1v) is 9.08. The van der Waals surface area contributed by atoms with Crippen LogP contribution in [-0.4, -0.2) is 14.1 Å². The Morgan fingerprint density at radius 2 is 1.64 bits per heavy atom. The molecule has 0 aliphatic carbocycles. The molecule has 0 unspecified atom stereocenters. The maximum absolute atomic E-state index is 12.3. The lowest BCUT2D eigenvalue weighted by atomic mass is 10.0. The third-order valence-corrected chi connectivity index (χ3v) is 4.78. The lowest BCUT2D eigenvalue weighted by Gasteiger charge is -2.11. The minimum Gasteiger partial charge on any atom is -0.200 e. The van der Waals surface area contributed by atoms with E-state index in [1.807, 2.05) is 44.2 Å². The van der Waals surface area contributed by atoms with Gasteiger partial charge in [-0.25, -0.2) is 0 Å². The van der Waals surface area contributed by atoms with Crippen LogP contribution in [0.4, 0.5) is 0 Å². The van der Waals surface area contributed by atoms with Crippen molar-refractivity contribution < 1.29 is 8.42 Å². The van der Waals surface area contributed by atoms with Gasteiger partial charge in [-0.15, -0.1) is 0 Å². The number of nitrogens with zero attached hydrogens (tertiary/aromatic N) is 1. The van der Waals surface area contributed by atoms with Gasteiger partial charge in [-0.05, 0) is 35.7 Å². The molecule has 0 saturated heterocycles. The zero-order chi connectivity index (χ0) is 16.2. The fraction of sp³-hybridized carbons (Fsp3) is 0.188. The fourth-order valence-corrected chi connectivity index (χ4v) is 2.99. The Morgan fingerprint density at radius 3 is 2.18 bits per heavy atom. The molecule has 0 bridgehead atoms. The van der Waals surface area contributed by atoms with E-state index in [1.54, 1.807) is 12.1 Å². The zero-order valence-electron chi connectivity index (χ0n) is 12.3. The van der Waals surface area contributed by atoms with E-state index < -0.39 is 10.0 Å². The first-order chi connectivity index (χ1) is 10.4. The highest BCUT2D eigenvalue weighted by Gasteiger charge is 2.15. The number of rotatable bonds is 5. The van der Waals surface area contributed by atoms with Crippen LogP contribution < -0.4 is 4.83 Å². The molecule has 0 aromatic heterocycles. The van der Waals surface area contributed by atoms with Crippen LogP contribution >= 0.6 is 15.9 Å². The molecule has 0 spiro atoms. The summed E-state index contributed by atoms with van der Waals surface area (Å²) in [6, 6.07) is 15.9. The molecule has 0 saturated carbocycles. The molecule has 2 rings (SSSR count). The summed E-state index contributed by atoms with van der Waals surface area (Å²) in [5, 5.41) is 4.13. The molecular weight excluding hydrogens is 364 g/mol. The summed E-state index contributed by atoms with van der Waals surface area (Å²) < 4.78 is 25.4. The summed E-state index contributed by atoms with van der Waals surface area (Å²) in [7, 11) is -3.67. The van der Waals surface area contributed by atoms with E-state index in [9.17, 15) is 8.42 Å². The summed E-state index contributed by atoms with van der Waals surface area (Å²) in [5.74, 6) is 0.0926. The molecule has 0 aliphatic heterocycles. The second-order valence-corrected chi connectivity index (χ2v) is 7.64. The standard InChI is InChI=1S/C16H17BrN2O2S/c1-12(2)16(13-6-4-3-5-7-13)18-19-22(20,21)15-10-8-14(17)9-11-15/h3-12,19H,1-2H3/b18-16+. The van der Waals surface area contributed by atoms with Crippen LogP contribution in [0.2, 0.25) is 0 Å². The Kier molecular flexibility index (Phi) is 5.37. The van der Waals surface area contributed by atoms with Gasteiger partial charge in [-0.3, -0.25) is 0 Å². The van der Waals surface area contributed by atoms with Crippen molar-refractivity contribution in [2.24, 2.45) is 11.0 Å². The second kappa shape index (κ2) is 7.07. The van der Waals surface area contributed by atoms with Crippen LogP contribution in [0.1, 0.15) is 19.4 Å². The number of hydrazone groups is 1. The van der Waals surface area contributed by atoms with E-state index in [0.717, 1.165) is 10.0 Å². The number of hydrogen-bond donors (Lipinski definition) is 1. The van der Waals surface area contributed by atoms with Crippen molar-refractivity contribution in [2.45, 2.75) is 18.7 Å². The molecule has 4 nitrogen and oxygen atoms in total. The van der Waals surface area contributed by atoms with Crippen LogP contribution in [0, 0.1) is 5.92 Å². The summed E-state index contributed by atoms with van der Waals surface area (Å²) in [5.41, 5.74) is 1.59. The van der Waals surface area contributed by atoms with Crippen molar-refractivity contribution in [1.82, 2.24) is 4.83 Å². The van der Waals surface area contributed by atoms with Gasteiger partial charge < -0.3 is 0 Å². The van der Waals surface area contributed by atoms with Gasteiger partial charge in [-0.1, -0.05) is 60.1 Å². The van der Waals surface area contributed by atoms with Crippen molar-refractivity contribution in [2.75, 3.05) is 0 Å². The van der Waals surface area contributed by atoms with E-state index >= 15 is 0 Å². The van der Waals surface area contributed by atoms with Crippen LogP contribution in [0.15, 0.2) is 69.1 Å². The van der Waals surface area contributed by atoms with Gasteiger partial charge in [0.25, 0.3) is 10.0 Å². The van der Waals surface area contributed by atoms with Gasteiger partial charge in [-0.2, -0.15) is 18.4 Å². The molecule has 0 atom stereocenters. The zero-order valence-corrected chi connectivity index (χ0v) is 14.7. The van der Waals surface area contributed by atoms with Crippen molar-refractivity contribution >= 4 is 31.7 Å². The maximum Gasteiger partial charge on any atom is 0.276 e. The maximum atomic E-state index is 12.3. The molecular formula is C16H17BrN2O2S. The highest BCUT2D eigenvalue weighted by molar-refractivity contribution is 9.10. The van der Waals surface area contributed by atoms with Crippen molar-refractivity contribution in [3.05, 3.63) is 64.6 Å². The minimum absolute atomic E-state index is 0.0926. The Balaban J connectivity index is 2.29. The average molecular weight is 381 g/mol. The predicted molar refractivity (Wildman–Crippen MR) is 92.3 cm³/mol. The predicted octanol–water partition coefficient (Wildman–Crippen LogP) is 3.79. The van der Waals surface area contributed by atoms with Gasteiger partial charge in [0, 0.05) is 4.47 Å². The van der Waals surface area contributed by atoms with Gasteiger partial charge in [0.15, 0.2) is 0 Å². The Bertz CT molecular complexity index is 754. The van der Waals surface area contributed by atoms with E-state index in [2.05, 4.69) is 25.9 Å². The highest BCUT2D eigenvalue weighted by Crippen LogP contribution is 2.15. The van der Waals surface area contributed by atoms with Crippen LogP contribution in [0.25, 0.3) is 0 Å². The lowest BCUT2D eigenvalue weighted by molar-refractivity contribution is 0.584. The van der Waals surface area contributed by atoms with Crippen molar-refractivity contribution in [3.8, 4) is 0 Å². The smallest absolute Gasteiger partial charge is 0.200 e. The summed E-state index contributed by atoms with van der Waals surface area (Å²) >= 11 is 3.28. The van der Waals surface area contributed by atoms with Gasteiger partial charge in [0.05, 0.1) is 10.6 Å². The van der Waals surface area contributed by atoms with E-state index in [1.165, 1.54) is 12.1 Å². The van der Waals surface area contributed by atoms with Crippen molar-refractivity contribution in [3.63, 3.8) is 0 Å². The molecule has 0 fully saturated rings. The summed E-state index contributed by atoms with van der Waals surface area (Å²) in [6.45, 7) is 3.94. The molecule has 0 heterocycles. The van der Waals surface area contributed by atoms with Gasteiger partial charge in [0.2, 0.25) is 0 Å². The van der Waals surface area contributed by atoms with Crippen molar-refractivity contribution in [1.29, 1.82) is 0 Å². The van der Waals surface area contributed by atoms with Gasteiger partial charge in [0.1, 0.15) is 0 Å². The molecule has 1 N–H and O–H groups in total. The Morgan fingerprint density at radius 1 is 1.05 bits per heavy atom. The third-order valence-electron chi connectivity index (χ3n) is 3.03. The first-order valence-electron chi connectivity index (χ1n) is 6.80. The lowest BCUT2D eigenvalue weighted by Crippen LogP contribution is -2.22. The number of sulfonamides is 1. The molecule has 0 radical (unpaired) electrons. The molecule has 0 amide bonds. The number of halogens is 1. The van der Waals surface area contributed by atoms with Crippen LogP contribution in [0.5, 0.6) is 0 Å². The normalized spacial score (nSPS) is 12.5. The van der Waals surface area contributed by atoms with Crippen LogP contribution in [-0.2, 0) is 10.0 Å². The molecule has 22 heavy (non-hydrogen) atoms. The highest BCUT2D eigenvalue weighted by atomic mass is 79.9. The number of hydrogen-bond acceptors (Lipinski definition) is 3. The molecule has 6 heteroatoms. The Hall–Kier alpha value is -1.66. The fourth-order valence-electron chi connectivity index (χ4n) is 1.91. The van der Waals surface area contributed by atoms with Gasteiger partial charge >= 0.3 is 0 Å². The van der Waals surface area contributed by atoms with E-state index in [4.69, 9.17) is 0 Å². The second-order valence-electron chi connectivity index (χ2n) is 5.07. The minimum atomic E-state index is -3.67. The molecule has 2 aromatic rings. The van der Waals surface area contributed by atoms with E-state index in [-0.39, 0.29) is 10.8 Å². The van der Waals surface area contributed by atoms with E-state index in [0.29, 0.717) is 5.71 Å². The third kappa shape index (κ3) is 4.18. The molecule has 0 aliphatic rings. The summed E-state index contributed by atoms with van der Waals surface area (Å²) in [6.07, 6.45) is 0. The van der Waals surface area contributed by atoms with Crippen LogP contribution in [0.3, 0.4) is 0 Å². The average Bonchev–Trinajstić information content (AvgIpc) is 2.48. The number of benzene rings is 2. The summed E-state index contributed by atoms with van der Waals surface area (Å²) in [4.78, 5) is 2.50. The molecule has 116 valence electrons. The topological polar surface area (TPSA) is 58.5 Å². The largest absolute Gasteiger partial charge is 0.276 e. The monoisotopic (exact) mass is 380 g/mol.